The maximum atomic E-state index is 11.3. The van der Waals surface area contributed by atoms with Gasteiger partial charge in [-0.1, -0.05) is 25.5 Å². The van der Waals surface area contributed by atoms with Crippen molar-refractivity contribution in [2.75, 3.05) is 7.11 Å². The summed E-state index contributed by atoms with van der Waals surface area (Å²) in [6.07, 6.45) is 2.21. The number of carbonyl (C=O) groups excluding carboxylic acids is 1. The Morgan fingerprint density at radius 1 is 0.950 bits per heavy atom. The molecule has 20 heavy (non-hydrogen) atoms. The first-order valence-corrected chi connectivity index (χ1v) is 6.68. The molecule has 0 N–H and O–H groups in total. The van der Waals surface area contributed by atoms with Crippen molar-refractivity contribution in [3.63, 3.8) is 0 Å². The van der Waals surface area contributed by atoms with Crippen LogP contribution in [-0.4, -0.2) is 13.1 Å². The number of rotatable bonds is 5. The molecule has 0 aliphatic carbocycles. The fourth-order valence-corrected chi connectivity index (χ4v) is 1.93. The highest BCUT2D eigenvalue weighted by Crippen LogP contribution is 2.22. The monoisotopic (exact) mass is 270 g/mol. The van der Waals surface area contributed by atoms with Crippen molar-refractivity contribution >= 4 is 5.97 Å². The summed E-state index contributed by atoms with van der Waals surface area (Å²) in [5, 5.41) is 0. The van der Waals surface area contributed by atoms with Crippen molar-refractivity contribution in [1.29, 1.82) is 0 Å². The third-order valence-corrected chi connectivity index (χ3v) is 2.97. The highest BCUT2D eigenvalue weighted by atomic mass is 16.5. The fraction of sp³-hybridized carbons (Fsp3) is 0.235. The number of carbonyl (C=O) groups is 1. The Bertz CT molecular complexity index is 556. The average molecular weight is 270 g/mol. The van der Waals surface area contributed by atoms with Gasteiger partial charge in [-0.15, -0.1) is 0 Å². The van der Waals surface area contributed by atoms with Crippen LogP contribution in [0.15, 0.2) is 48.5 Å². The molecule has 0 bridgehead atoms. The van der Waals surface area contributed by atoms with Crippen LogP contribution in [0.4, 0.5) is 0 Å². The van der Waals surface area contributed by atoms with Crippen LogP contribution in [-0.2, 0) is 11.2 Å². The molecule has 3 heteroatoms. The van der Waals surface area contributed by atoms with Crippen LogP contribution in [0.3, 0.4) is 0 Å². The van der Waals surface area contributed by atoms with E-state index in [1.807, 2.05) is 12.1 Å². The quantitative estimate of drug-likeness (QED) is 0.763. The van der Waals surface area contributed by atoms with Crippen molar-refractivity contribution in [1.82, 2.24) is 0 Å². The van der Waals surface area contributed by atoms with Gasteiger partial charge in [0.1, 0.15) is 11.5 Å². The lowest BCUT2D eigenvalue weighted by atomic mass is 10.1. The number of esters is 1. The van der Waals surface area contributed by atoms with E-state index in [1.165, 1.54) is 12.7 Å². The zero-order chi connectivity index (χ0) is 14.4. The summed E-state index contributed by atoms with van der Waals surface area (Å²) in [4.78, 5) is 11.3. The van der Waals surface area contributed by atoms with E-state index < -0.39 is 0 Å². The number of hydrogen-bond donors (Lipinski definition) is 0. The van der Waals surface area contributed by atoms with Gasteiger partial charge in [0.2, 0.25) is 0 Å². The second-order valence-electron chi connectivity index (χ2n) is 4.51. The van der Waals surface area contributed by atoms with E-state index in [0.717, 1.165) is 18.6 Å². The molecule has 2 rings (SSSR count). The molecule has 0 unspecified atom stereocenters. The van der Waals surface area contributed by atoms with Crippen LogP contribution < -0.4 is 4.74 Å². The molecule has 0 heterocycles. The van der Waals surface area contributed by atoms with Gasteiger partial charge < -0.3 is 9.47 Å². The molecule has 0 aliphatic rings. The van der Waals surface area contributed by atoms with Crippen molar-refractivity contribution in [2.24, 2.45) is 0 Å². The predicted molar refractivity (Wildman–Crippen MR) is 78.3 cm³/mol. The first-order chi connectivity index (χ1) is 9.72. The van der Waals surface area contributed by atoms with E-state index >= 15 is 0 Å². The van der Waals surface area contributed by atoms with Crippen LogP contribution in [0.2, 0.25) is 0 Å². The summed E-state index contributed by atoms with van der Waals surface area (Å²) < 4.78 is 10.4. The molecule has 2 aromatic carbocycles. The molecule has 2 aromatic rings. The number of aryl methyl sites for hydroxylation is 1. The Kier molecular flexibility index (Phi) is 4.77. The van der Waals surface area contributed by atoms with E-state index in [-0.39, 0.29) is 5.97 Å². The molecule has 0 amide bonds. The molecule has 0 saturated heterocycles. The normalized spacial score (nSPS) is 10.1. The van der Waals surface area contributed by atoms with Crippen LogP contribution in [0.5, 0.6) is 11.5 Å². The summed E-state index contributed by atoms with van der Waals surface area (Å²) in [6.45, 7) is 2.16. The molecule has 0 saturated carbocycles. The lowest BCUT2D eigenvalue weighted by Crippen LogP contribution is -2.00. The van der Waals surface area contributed by atoms with Gasteiger partial charge in [-0.3, -0.25) is 0 Å². The summed E-state index contributed by atoms with van der Waals surface area (Å²) in [5.74, 6) is 1.14. The van der Waals surface area contributed by atoms with Crippen molar-refractivity contribution in [2.45, 2.75) is 19.8 Å². The van der Waals surface area contributed by atoms with Gasteiger partial charge in [0.05, 0.1) is 12.7 Å². The second kappa shape index (κ2) is 6.75. The molecular formula is C17H18O3. The smallest absolute Gasteiger partial charge is 0.337 e. The van der Waals surface area contributed by atoms with Gasteiger partial charge in [0.25, 0.3) is 0 Å². The Labute approximate surface area is 119 Å². The van der Waals surface area contributed by atoms with Crippen LogP contribution >= 0.6 is 0 Å². The van der Waals surface area contributed by atoms with Gasteiger partial charge in [0, 0.05) is 0 Å². The van der Waals surface area contributed by atoms with Gasteiger partial charge in [-0.25, -0.2) is 4.79 Å². The van der Waals surface area contributed by atoms with Gasteiger partial charge in [0.15, 0.2) is 0 Å². The Morgan fingerprint density at radius 3 is 2.00 bits per heavy atom. The summed E-state index contributed by atoms with van der Waals surface area (Å²) in [6, 6.07) is 14.9. The Morgan fingerprint density at radius 2 is 1.50 bits per heavy atom. The van der Waals surface area contributed by atoms with Gasteiger partial charge in [-0.2, -0.15) is 0 Å². The molecule has 0 fully saturated rings. The first-order valence-electron chi connectivity index (χ1n) is 6.68. The largest absolute Gasteiger partial charge is 0.465 e. The minimum atomic E-state index is -0.347. The summed E-state index contributed by atoms with van der Waals surface area (Å²) >= 11 is 0. The highest BCUT2D eigenvalue weighted by Gasteiger charge is 2.05. The lowest BCUT2D eigenvalue weighted by molar-refractivity contribution is 0.0600. The summed E-state index contributed by atoms with van der Waals surface area (Å²) in [7, 11) is 1.37. The minimum Gasteiger partial charge on any atom is -0.465 e. The fourth-order valence-electron chi connectivity index (χ4n) is 1.93. The van der Waals surface area contributed by atoms with Gasteiger partial charge >= 0.3 is 5.97 Å². The van der Waals surface area contributed by atoms with E-state index in [2.05, 4.69) is 23.8 Å². The SMILES string of the molecule is CCCc1ccc(Oc2ccc(C(=O)OC)cc2)cc1. The number of benzene rings is 2. The topological polar surface area (TPSA) is 35.5 Å². The van der Waals surface area contributed by atoms with E-state index in [4.69, 9.17) is 4.74 Å². The van der Waals surface area contributed by atoms with Gasteiger partial charge in [-0.05, 0) is 48.4 Å². The standard InChI is InChI=1S/C17H18O3/c1-3-4-13-5-9-15(10-6-13)20-16-11-7-14(8-12-16)17(18)19-2/h5-12H,3-4H2,1-2H3. The molecule has 0 spiro atoms. The number of hydrogen-bond acceptors (Lipinski definition) is 3. The molecular weight excluding hydrogens is 252 g/mol. The zero-order valence-corrected chi connectivity index (χ0v) is 11.8. The van der Waals surface area contributed by atoms with Crippen LogP contribution in [0, 0.1) is 0 Å². The number of ether oxygens (including phenoxy) is 2. The van der Waals surface area contributed by atoms with Crippen LogP contribution in [0.25, 0.3) is 0 Å². The molecule has 0 aromatic heterocycles. The van der Waals surface area contributed by atoms with E-state index in [1.54, 1.807) is 24.3 Å². The lowest BCUT2D eigenvalue weighted by Gasteiger charge is -2.07. The minimum absolute atomic E-state index is 0.347. The maximum Gasteiger partial charge on any atom is 0.337 e. The zero-order valence-electron chi connectivity index (χ0n) is 11.8. The van der Waals surface area contributed by atoms with Crippen LogP contribution in [0.1, 0.15) is 29.3 Å². The third-order valence-electron chi connectivity index (χ3n) is 2.97. The van der Waals surface area contributed by atoms with E-state index in [9.17, 15) is 4.79 Å². The molecule has 104 valence electrons. The first kappa shape index (κ1) is 14.1. The maximum absolute atomic E-state index is 11.3. The van der Waals surface area contributed by atoms with Crippen molar-refractivity contribution in [3.05, 3.63) is 59.7 Å². The highest BCUT2D eigenvalue weighted by molar-refractivity contribution is 5.89. The van der Waals surface area contributed by atoms with Crippen molar-refractivity contribution in [3.8, 4) is 11.5 Å². The number of methoxy groups -OCH3 is 1. The second-order valence-corrected chi connectivity index (χ2v) is 4.51. The van der Waals surface area contributed by atoms with E-state index in [0.29, 0.717) is 11.3 Å². The Balaban J connectivity index is 2.04. The molecule has 0 radical (unpaired) electrons. The average Bonchev–Trinajstić information content (AvgIpc) is 2.49. The third kappa shape index (κ3) is 3.60. The van der Waals surface area contributed by atoms with Crippen molar-refractivity contribution < 1.29 is 14.3 Å². The molecule has 3 nitrogen and oxygen atoms in total. The molecule has 0 atom stereocenters. The Hall–Kier alpha value is -2.29. The molecule has 0 aliphatic heterocycles. The summed E-state index contributed by atoms with van der Waals surface area (Å²) in [5.41, 5.74) is 1.82. The predicted octanol–water partition coefficient (Wildman–Crippen LogP) is 4.22.